The van der Waals surface area contributed by atoms with Gasteiger partial charge in [0.25, 0.3) is 5.91 Å². The van der Waals surface area contributed by atoms with Crippen LogP contribution in [0.1, 0.15) is 17.0 Å². The molecule has 1 saturated heterocycles. The molecule has 5 nitrogen and oxygen atoms in total. The van der Waals surface area contributed by atoms with Crippen LogP contribution < -0.4 is 15.4 Å². The number of fused-ring (bicyclic) bond motifs is 1. The molecule has 4 rings (SSSR count). The first-order valence-electron chi connectivity index (χ1n) is 8.44. The van der Waals surface area contributed by atoms with Crippen molar-refractivity contribution in [2.24, 2.45) is 0 Å². The molecule has 2 heterocycles. The molecule has 1 unspecified atom stereocenters. The second-order valence-corrected chi connectivity index (χ2v) is 6.20. The third-order valence-electron chi connectivity index (χ3n) is 4.56. The summed E-state index contributed by atoms with van der Waals surface area (Å²) >= 11 is 0. The Kier molecular flexibility index (Phi) is 5.49. The molecule has 1 aliphatic heterocycles. The fourth-order valence-electron chi connectivity index (χ4n) is 3.28. The van der Waals surface area contributed by atoms with Gasteiger partial charge in [-0.2, -0.15) is 0 Å². The first-order chi connectivity index (χ1) is 12.3. The number of hydrogen-bond acceptors (Lipinski definition) is 4. The monoisotopic (exact) mass is 372 g/mol. The predicted octanol–water partition coefficient (Wildman–Crippen LogP) is 3.62. The van der Waals surface area contributed by atoms with E-state index >= 15 is 0 Å². The van der Waals surface area contributed by atoms with Crippen molar-refractivity contribution in [3.63, 3.8) is 0 Å². The Morgan fingerprint density at radius 2 is 2.04 bits per heavy atom. The summed E-state index contributed by atoms with van der Waals surface area (Å²) in [5.41, 5.74) is 2.43. The van der Waals surface area contributed by atoms with Gasteiger partial charge in [-0.1, -0.05) is 30.3 Å². The van der Waals surface area contributed by atoms with E-state index in [4.69, 9.17) is 9.15 Å². The number of ether oxygens (including phenoxy) is 1. The normalized spacial score (nSPS) is 16.3. The van der Waals surface area contributed by atoms with Gasteiger partial charge in [-0.15, -0.1) is 12.4 Å². The van der Waals surface area contributed by atoms with E-state index in [1.165, 1.54) is 0 Å². The second kappa shape index (κ2) is 7.81. The molecule has 0 radical (unpaired) electrons. The lowest BCUT2D eigenvalue weighted by atomic mass is 10.0. The number of carbonyl (C=O) groups excluding carboxylic acids is 1. The van der Waals surface area contributed by atoms with Crippen LogP contribution >= 0.6 is 12.4 Å². The number of carbonyl (C=O) groups is 1. The fraction of sp³-hybridized carbons (Fsp3) is 0.250. The second-order valence-electron chi connectivity index (χ2n) is 6.20. The summed E-state index contributed by atoms with van der Waals surface area (Å²) in [6.07, 6.45) is 0.931. The van der Waals surface area contributed by atoms with Crippen molar-refractivity contribution in [2.75, 3.05) is 20.2 Å². The zero-order valence-corrected chi connectivity index (χ0v) is 15.3. The Morgan fingerprint density at radius 3 is 2.73 bits per heavy atom. The predicted molar refractivity (Wildman–Crippen MR) is 104 cm³/mol. The molecular weight excluding hydrogens is 352 g/mol. The molecule has 1 aliphatic rings. The molecule has 0 spiro atoms. The Morgan fingerprint density at radius 1 is 1.23 bits per heavy atom. The van der Waals surface area contributed by atoms with E-state index in [0.29, 0.717) is 17.1 Å². The molecule has 0 aliphatic carbocycles. The zero-order valence-electron chi connectivity index (χ0n) is 14.5. The molecule has 6 heteroatoms. The van der Waals surface area contributed by atoms with Gasteiger partial charge in [0.05, 0.1) is 7.11 Å². The highest BCUT2D eigenvalue weighted by molar-refractivity contribution is 6.08. The number of benzene rings is 2. The van der Waals surface area contributed by atoms with Crippen molar-refractivity contribution in [3.8, 4) is 16.9 Å². The summed E-state index contributed by atoms with van der Waals surface area (Å²) in [5, 5.41) is 7.23. The maximum Gasteiger partial charge on any atom is 0.287 e. The third kappa shape index (κ3) is 3.41. The maximum absolute atomic E-state index is 12.9. The van der Waals surface area contributed by atoms with E-state index in [0.717, 1.165) is 36.0 Å². The van der Waals surface area contributed by atoms with E-state index in [1.807, 2.05) is 48.5 Å². The van der Waals surface area contributed by atoms with Crippen LogP contribution in [0.15, 0.2) is 52.9 Å². The van der Waals surface area contributed by atoms with Gasteiger partial charge in [0, 0.05) is 29.6 Å². The molecule has 26 heavy (non-hydrogen) atoms. The van der Waals surface area contributed by atoms with Crippen LogP contribution in [0.25, 0.3) is 22.1 Å². The molecule has 1 atom stereocenters. The van der Waals surface area contributed by atoms with Crippen LogP contribution in [0.3, 0.4) is 0 Å². The van der Waals surface area contributed by atoms with E-state index in [2.05, 4.69) is 10.6 Å². The van der Waals surface area contributed by atoms with Crippen molar-refractivity contribution < 1.29 is 13.9 Å². The molecule has 1 aromatic heterocycles. The Hall–Kier alpha value is -2.50. The van der Waals surface area contributed by atoms with Crippen molar-refractivity contribution in [3.05, 3.63) is 54.3 Å². The molecule has 2 N–H and O–H groups in total. The summed E-state index contributed by atoms with van der Waals surface area (Å²) < 4.78 is 11.2. The van der Waals surface area contributed by atoms with Crippen molar-refractivity contribution in [1.29, 1.82) is 0 Å². The molecule has 2 aromatic carbocycles. The number of methoxy groups -OCH3 is 1. The van der Waals surface area contributed by atoms with Gasteiger partial charge in [0.2, 0.25) is 5.76 Å². The SMILES string of the molecule is COc1ccc2c(-c3ccccc3)c(C(=O)NC3CCNC3)oc2c1.Cl. The van der Waals surface area contributed by atoms with Gasteiger partial charge in [0.1, 0.15) is 11.3 Å². The Labute approximate surface area is 158 Å². The molecular formula is C20H21ClN2O3. The number of rotatable bonds is 4. The number of furan rings is 1. The average molecular weight is 373 g/mol. The lowest BCUT2D eigenvalue weighted by molar-refractivity contribution is 0.0915. The molecule has 1 fully saturated rings. The number of halogens is 1. The quantitative estimate of drug-likeness (QED) is 0.734. The number of hydrogen-bond donors (Lipinski definition) is 2. The van der Waals surface area contributed by atoms with E-state index < -0.39 is 0 Å². The van der Waals surface area contributed by atoms with Crippen LogP contribution in [0.5, 0.6) is 5.75 Å². The topological polar surface area (TPSA) is 63.5 Å². The van der Waals surface area contributed by atoms with Gasteiger partial charge in [0.15, 0.2) is 0 Å². The Bertz CT molecular complexity index is 902. The zero-order chi connectivity index (χ0) is 17.2. The van der Waals surface area contributed by atoms with Crippen LogP contribution in [0.4, 0.5) is 0 Å². The van der Waals surface area contributed by atoms with Crippen LogP contribution in [-0.4, -0.2) is 32.1 Å². The first kappa shape index (κ1) is 18.3. The van der Waals surface area contributed by atoms with Gasteiger partial charge in [-0.3, -0.25) is 4.79 Å². The van der Waals surface area contributed by atoms with E-state index in [-0.39, 0.29) is 24.4 Å². The van der Waals surface area contributed by atoms with Gasteiger partial charge < -0.3 is 19.8 Å². The van der Waals surface area contributed by atoms with Gasteiger partial charge in [-0.05, 0) is 30.7 Å². The smallest absolute Gasteiger partial charge is 0.287 e. The van der Waals surface area contributed by atoms with Crippen LogP contribution in [0.2, 0.25) is 0 Å². The minimum absolute atomic E-state index is 0. The van der Waals surface area contributed by atoms with Crippen molar-refractivity contribution in [1.82, 2.24) is 10.6 Å². The Balaban J connectivity index is 0.00000196. The minimum Gasteiger partial charge on any atom is -0.497 e. The standard InChI is InChI=1S/C20H20N2O3.ClH/c1-24-15-7-8-16-17(11-15)25-19(18(16)13-5-3-2-4-6-13)20(23)22-14-9-10-21-12-14;/h2-8,11,14,21H,9-10,12H2,1H3,(H,22,23);1H. The number of amides is 1. The summed E-state index contributed by atoms with van der Waals surface area (Å²) in [5.74, 6) is 0.872. The van der Waals surface area contributed by atoms with Gasteiger partial charge in [-0.25, -0.2) is 0 Å². The van der Waals surface area contributed by atoms with Crippen LogP contribution in [-0.2, 0) is 0 Å². The highest BCUT2D eigenvalue weighted by atomic mass is 35.5. The van der Waals surface area contributed by atoms with E-state index in [1.54, 1.807) is 7.11 Å². The maximum atomic E-state index is 12.9. The molecule has 136 valence electrons. The fourth-order valence-corrected chi connectivity index (χ4v) is 3.28. The first-order valence-corrected chi connectivity index (χ1v) is 8.44. The molecule has 3 aromatic rings. The highest BCUT2D eigenvalue weighted by Crippen LogP contribution is 2.36. The largest absolute Gasteiger partial charge is 0.497 e. The van der Waals surface area contributed by atoms with Crippen molar-refractivity contribution >= 4 is 29.3 Å². The van der Waals surface area contributed by atoms with Crippen molar-refractivity contribution in [2.45, 2.75) is 12.5 Å². The molecule has 0 bridgehead atoms. The summed E-state index contributed by atoms with van der Waals surface area (Å²) in [6.45, 7) is 1.72. The average Bonchev–Trinajstić information content (AvgIpc) is 3.29. The number of nitrogens with one attached hydrogen (secondary N) is 2. The molecule has 1 amide bonds. The lowest BCUT2D eigenvalue weighted by Crippen LogP contribution is -2.36. The third-order valence-corrected chi connectivity index (χ3v) is 4.56. The lowest BCUT2D eigenvalue weighted by Gasteiger charge is -2.11. The minimum atomic E-state index is -0.178. The highest BCUT2D eigenvalue weighted by Gasteiger charge is 2.25. The summed E-state index contributed by atoms with van der Waals surface area (Å²) in [4.78, 5) is 12.9. The molecule has 0 saturated carbocycles. The van der Waals surface area contributed by atoms with E-state index in [9.17, 15) is 4.79 Å². The van der Waals surface area contributed by atoms with Gasteiger partial charge >= 0.3 is 0 Å². The summed E-state index contributed by atoms with van der Waals surface area (Å²) in [7, 11) is 1.61. The summed E-state index contributed by atoms with van der Waals surface area (Å²) in [6, 6.07) is 15.6. The van der Waals surface area contributed by atoms with Crippen LogP contribution in [0, 0.1) is 0 Å².